The fraction of sp³-hybridized carbons (Fsp3) is 0.520. The Morgan fingerprint density at radius 2 is 1.82 bits per heavy atom. The zero-order chi connectivity index (χ0) is 23.0. The molecule has 8 heteroatoms. The molecule has 4 rings (SSSR count). The fourth-order valence-electron chi connectivity index (χ4n) is 4.70. The number of likely N-dealkylation sites (tertiary alicyclic amines) is 1. The third kappa shape index (κ3) is 6.43. The van der Waals surface area contributed by atoms with Crippen LogP contribution in [0.2, 0.25) is 0 Å². The third-order valence-corrected chi connectivity index (χ3v) is 6.65. The van der Waals surface area contributed by atoms with E-state index in [0.29, 0.717) is 37.3 Å². The molecule has 1 aromatic carbocycles. The van der Waals surface area contributed by atoms with Crippen molar-refractivity contribution in [2.24, 2.45) is 5.92 Å². The summed E-state index contributed by atoms with van der Waals surface area (Å²) in [6, 6.07) is 7.23. The molecular weight excluding hydrogens is 418 g/mol. The first-order chi connectivity index (χ1) is 16.1. The first-order valence-electron chi connectivity index (χ1n) is 12.0. The lowest BCUT2D eigenvalue weighted by atomic mass is 9.88. The molecule has 2 aliphatic rings. The van der Waals surface area contributed by atoms with Crippen LogP contribution in [0.15, 0.2) is 43.0 Å². The maximum absolute atomic E-state index is 13.0. The second-order valence-corrected chi connectivity index (χ2v) is 9.09. The van der Waals surface area contributed by atoms with Crippen molar-refractivity contribution in [3.05, 3.63) is 48.5 Å². The second-order valence-electron chi connectivity index (χ2n) is 9.09. The number of benzene rings is 1. The molecular formula is C25H33N5O3. The molecule has 2 fully saturated rings. The molecule has 1 aliphatic heterocycles. The molecule has 1 aromatic heterocycles. The highest BCUT2D eigenvalue weighted by Gasteiger charge is 2.27. The summed E-state index contributed by atoms with van der Waals surface area (Å²) in [6.07, 6.45) is 12.6. The Bertz CT molecular complexity index is 945. The molecule has 0 bridgehead atoms. The summed E-state index contributed by atoms with van der Waals surface area (Å²) in [7, 11) is 0. The van der Waals surface area contributed by atoms with E-state index < -0.39 is 0 Å². The maximum atomic E-state index is 13.0. The molecule has 0 radical (unpaired) electrons. The lowest BCUT2D eigenvalue weighted by Crippen LogP contribution is -2.48. The number of aromatic nitrogens is 2. The Morgan fingerprint density at radius 1 is 1.03 bits per heavy atom. The van der Waals surface area contributed by atoms with E-state index in [2.05, 4.69) is 15.6 Å². The van der Waals surface area contributed by atoms with Gasteiger partial charge in [-0.25, -0.2) is 4.98 Å². The van der Waals surface area contributed by atoms with Gasteiger partial charge in [0.1, 0.15) is 0 Å². The van der Waals surface area contributed by atoms with Crippen LogP contribution in [0.5, 0.6) is 0 Å². The molecule has 1 saturated heterocycles. The Kier molecular flexibility index (Phi) is 7.75. The highest BCUT2D eigenvalue weighted by Crippen LogP contribution is 2.24. The van der Waals surface area contributed by atoms with Crippen molar-refractivity contribution >= 4 is 23.4 Å². The summed E-state index contributed by atoms with van der Waals surface area (Å²) < 4.78 is 1.85. The number of anilines is 1. The van der Waals surface area contributed by atoms with Crippen molar-refractivity contribution in [3.8, 4) is 0 Å². The summed E-state index contributed by atoms with van der Waals surface area (Å²) in [5.74, 6) is 0.205. The van der Waals surface area contributed by atoms with Gasteiger partial charge in [-0.05, 0) is 43.9 Å². The number of hydrogen-bond donors (Lipinski definition) is 2. The van der Waals surface area contributed by atoms with E-state index in [9.17, 15) is 14.4 Å². The quantitative estimate of drug-likeness (QED) is 0.676. The zero-order valence-electron chi connectivity index (χ0n) is 19.0. The van der Waals surface area contributed by atoms with Gasteiger partial charge in [-0.2, -0.15) is 0 Å². The minimum atomic E-state index is -0.108. The number of nitrogens with zero attached hydrogens (tertiary/aromatic N) is 3. The van der Waals surface area contributed by atoms with Gasteiger partial charge in [0.2, 0.25) is 11.8 Å². The van der Waals surface area contributed by atoms with E-state index in [0.717, 1.165) is 38.5 Å². The highest BCUT2D eigenvalue weighted by molar-refractivity contribution is 5.97. The van der Waals surface area contributed by atoms with E-state index in [4.69, 9.17) is 0 Å². The largest absolute Gasteiger partial charge is 0.353 e. The first kappa shape index (κ1) is 23.0. The van der Waals surface area contributed by atoms with E-state index in [1.54, 1.807) is 36.8 Å². The molecule has 2 N–H and O–H groups in total. The average molecular weight is 452 g/mol. The van der Waals surface area contributed by atoms with Gasteiger partial charge in [0.25, 0.3) is 5.91 Å². The maximum Gasteiger partial charge on any atom is 0.253 e. The zero-order valence-corrected chi connectivity index (χ0v) is 19.0. The van der Waals surface area contributed by atoms with E-state index in [1.807, 2.05) is 15.7 Å². The van der Waals surface area contributed by atoms with Crippen molar-refractivity contribution in [1.29, 1.82) is 0 Å². The standard InChI is InChI=1S/C25H33N5O3/c31-23(11-13-29-16-12-26-18-29)27-22-8-4-7-20(17-22)25(33)30-14-9-21(10-15-30)28-24(32)19-5-2-1-3-6-19/h4,7-8,12,16-19,21H,1-3,5-6,9-11,13-15H2,(H,27,31)(H,28,32). The number of imidazole rings is 1. The minimum Gasteiger partial charge on any atom is -0.353 e. The molecule has 2 heterocycles. The summed E-state index contributed by atoms with van der Waals surface area (Å²) in [5, 5.41) is 6.08. The molecule has 1 saturated carbocycles. The van der Waals surface area contributed by atoms with Crippen molar-refractivity contribution < 1.29 is 14.4 Å². The monoisotopic (exact) mass is 451 g/mol. The number of carbonyl (C=O) groups is 3. The Morgan fingerprint density at radius 3 is 2.55 bits per heavy atom. The number of amides is 3. The molecule has 0 unspecified atom stereocenters. The average Bonchev–Trinajstić information content (AvgIpc) is 3.37. The van der Waals surface area contributed by atoms with Crippen LogP contribution in [0.25, 0.3) is 0 Å². The predicted molar refractivity (Wildman–Crippen MR) is 126 cm³/mol. The van der Waals surface area contributed by atoms with Gasteiger partial charge in [-0.15, -0.1) is 0 Å². The van der Waals surface area contributed by atoms with Crippen LogP contribution in [0.1, 0.15) is 61.7 Å². The van der Waals surface area contributed by atoms with Crippen LogP contribution < -0.4 is 10.6 Å². The molecule has 2 aromatic rings. The van der Waals surface area contributed by atoms with Crippen LogP contribution in [0.4, 0.5) is 5.69 Å². The number of aryl methyl sites for hydroxylation is 1. The van der Waals surface area contributed by atoms with Gasteiger partial charge in [0.05, 0.1) is 6.33 Å². The van der Waals surface area contributed by atoms with Gasteiger partial charge in [-0.3, -0.25) is 14.4 Å². The smallest absolute Gasteiger partial charge is 0.253 e. The van der Waals surface area contributed by atoms with Gasteiger partial charge >= 0.3 is 0 Å². The number of nitrogens with one attached hydrogen (secondary N) is 2. The summed E-state index contributed by atoms with van der Waals surface area (Å²) in [4.78, 5) is 43.6. The van der Waals surface area contributed by atoms with Gasteiger partial charge < -0.3 is 20.1 Å². The summed E-state index contributed by atoms with van der Waals surface area (Å²) in [6.45, 7) is 1.79. The fourth-order valence-corrected chi connectivity index (χ4v) is 4.70. The van der Waals surface area contributed by atoms with Crippen molar-refractivity contribution in [1.82, 2.24) is 19.8 Å². The first-order valence-corrected chi connectivity index (χ1v) is 12.0. The van der Waals surface area contributed by atoms with Gasteiger partial charge in [0, 0.05) is 61.7 Å². The summed E-state index contributed by atoms with van der Waals surface area (Å²) >= 11 is 0. The molecule has 0 spiro atoms. The third-order valence-electron chi connectivity index (χ3n) is 6.65. The minimum absolute atomic E-state index is 0.0402. The lowest BCUT2D eigenvalue weighted by molar-refractivity contribution is -0.127. The number of rotatable bonds is 7. The Balaban J connectivity index is 1.24. The van der Waals surface area contributed by atoms with E-state index in [-0.39, 0.29) is 29.7 Å². The van der Waals surface area contributed by atoms with Gasteiger partial charge in [0.15, 0.2) is 0 Å². The van der Waals surface area contributed by atoms with Crippen molar-refractivity contribution in [2.75, 3.05) is 18.4 Å². The number of piperidine rings is 1. The molecule has 33 heavy (non-hydrogen) atoms. The van der Waals surface area contributed by atoms with Crippen LogP contribution in [0.3, 0.4) is 0 Å². The topological polar surface area (TPSA) is 96.3 Å². The molecule has 3 amide bonds. The normalized spacial score (nSPS) is 17.5. The Hall–Kier alpha value is -3.16. The van der Waals surface area contributed by atoms with Crippen molar-refractivity contribution in [2.45, 2.75) is 64.0 Å². The van der Waals surface area contributed by atoms with Crippen LogP contribution in [-0.2, 0) is 16.1 Å². The predicted octanol–water partition coefficient (Wildman–Crippen LogP) is 3.21. The van der Waals surface area contributed by atoms with Crippen LogP contribution in [-0.4, -0.2) is 51.3 Å². The molecule has 176 valence electrons. The molecule has 1 aliphatic carbocycles. The van der Waals surface area contributed by atoms with Crippen molar-refractivity contribution in [3.63, 3.8) is 0 Å². The highest BCUT2D eigenvalue weighted by atomic mass is 16.2. The van der Waals surface area contributed by atoms with E-state index >= 15 is 0 Å². The van der Waals surface area contributed by atoms with Crippen LogP contribution in [0, 0.1) is 5.92 Å². The van der Waals surface area contributed by atoms with Crippen LogP contribution >= 0.6 is 0 Å². The second kappa shape index (κ2) is 11.1. The SMILES string of the molecule is O=C(CCn1ccnc1)Nc1cccc(C(=O)N2CCC(NC(=O)C3CCCCC3)CC2)c1. The Labute approximate surface area is 194 Å². The van der Waals surface area contributed by atoms with Gasteiger partial charge in [-0.1, -0.05) is 25.3 Å². The summed E-state index contributed by atoms with van der Waals surface area (Å²) in [5.41, 5.74) is 1.18. The lowest BCUT2D eigenvalue weighted by Gasteiger charge is -2.33. The molecule has 0 atom stereocenters. The molecule has 8 nitrogen and oxygen atoms in total. The number of hydrogen-bond acceptors (Lipinski definition) is 4. The number of carbonyl (C=O) groups excluding carboxylic acids is 3. The van der Waals surface area contributed by atoms with E-state index in [1.165, 1.54) is 6.42 Å².